The summed E-state index contributed by atoms with van der Waals surface area (Å²) in [4.78, 5) is 0.870. The molecule has 0 saturated heterocycles. The number of hydrogen-bond acceptors (Lipinski definition) is 2. The van der Waals surface area contributed by atoms with Crippen LogP contribution in [0.3, 0.4) is 0 Å². The third kappa shape index (κ3) is 7.31. The molecule has 0 spiro atoms. The molecule has 0 aromatic heterocycles. The molecule has 1 aromatic carbocycles. The molecule has 0 amide bonds. The van der Waals surface area contributed by atoms with Crippen LogP contribution in [0, 0.1) is 12.3 Å². The van der Waals surface area contributed by atoms with Crippen molar-refractivity contribution in [3.63, 3.8) is 0 Å². The molecule has 0 aliphatic heterocycles. The predicted octanol–water partition coefficient (Wildman–Crippen LogP) is 5.54. The molecule has 138 valence electrons. The molecule has 1 rings (SSSR count). The second kappa shape index (κ2) is 9.52. The molecule has 0 saturated carbocycles. The first kappa shape index (κ1) is 21.9. The van der Waals surface area contributed by atoms with Crippen molar-refractivity contribution in [3.05, 3.63) is 42.0 Å². The summed E-state index contributed by atoms with van der Waals surface area (Å²) in [5, 5.41) is 0.152. The maximum absolute atomic E-state index is 12.3. The Morgan fingerprint density at radius 2 is 1.92 bits per heavy atom. The van der Waals surface area contributed by atoms with Gasteiger partial charge in [0.05, 0.1) is 10.8 Å². The number of benzene rings is 1. The topological polar surface area (TPSA) is 26.3 Å². The van der Waals surface area contributed by atoms with Gasteiger partial charge in [0, 0.05) is 10.6 Å². The molecule has 2 nitrogen and oxygen atoms in total. The van der Waals surface area contributed by atoms with Gasteiger partial charge in [0.15, 0.2) is 8.32 Å². The SMILES string of the molecule is C#CC(CC/C(C)=C/CS(=O)c1ccccc1)O[Si](C)(C)C(C)(C)C. The molecule has 0 bridgehead atoms. The highest BCUT2D eigenvalue weighted by Crippen LogP contribution is 2.37. The molecule has 0 aliphatic rings. The van der Waals surface area contributed by atoms with Gasteiger partial charge in [-0.1, -0.05) is 56.5 Å². The van der Waals surface area contributed by atoms with E-state index < -0.39 is 19.1 Å². The smallest absolute Gasteiger partial charge is 0.193 e. The Kier molecular flexibility index (Phi) is 8.33. The lowest BCUT2D eigenvalue weighted by Crippen LogP contribution is -2.43. The molecule has 0 radical (unpaired) electrons. The lowest BCUT2D eigenvalue weighted by molar-refractivity contribution is 0.224. The number of terminal acetylenes is 1. The normalized spacial score (nSPS) is 15.5. The molecule has 4 heteroatoms. The van der Waals surface area contributed by atoms with Gasteiger partial charge in [-0.2, -0.15) is 0 Å². The van der Waals surface area contributed by atoms with Crippen molar-refractivity contribution in [1.29, 1.82) is 0 Å². The van der Waals surface area contributed by atoms with E-state index in [0.717, 1.165) is 17.7 Å². The highest BCUT2D eigenvalue weighted by Gasteiger charge is 2.38. The average molecular weight is 377 g/mol. The van der Waals surface area contributed by atoms with E-state index in [4.69, 9.17) is 10.8 Å². The molecular weight excluding hydrogens is 344 g/mol. The van der Waals surface area contributed by atoms with Crippen LogP contribution >= 0.6 is 0 Å². The number of allylic oxidation sites excluding steroid dienone is 1. The lowest BCUT2D eigenvalue weighted by atomic mass is 10.1. The zero-order chi connectivity index (χ0) is 19.1. The van der Waals surface area contributed by atoms with Crippen LogP contribution in [0.15, 0.2) is 46.9 Å². The summed E-state index contributed by atoms with van der Waals surface area (Å²) in [6.07, 6.45) is 9.28. The van der Waals surface area contributed by atoms with Crippen LogP contribution in [0.25, 0.3) is 0 Å². The Labute approximate surface area is 157 Å². The van der Waals surface area contributed by atoms with Crippen LogP contribution in [0.5, 0.6) is 0 Å². The molecule has 2 atom stereocenters. The van der Waals surface area contributed by atoms with Crippen LogP contribution in [0.1, 0.15) is 40.5 Å². The molecule has 0 aliphatic carbocycles. The maximum atomic E-state index is 12.3. The van der Waals surface area contributed by atoms with Crippen LogP contribution in [-0.2, 0) is 15.2 Å². The quantitative estimate of drug-likeness (QED) is 0.338. The Hall–Kier alpha value is -1.15. The van der Waals surface area contributed by atoms with Gasteiger partial charge in [0.1, 0.15) is 6.10 Å². The van der Waals surface area contributed by atoms with E-state index in [0.29, 0.717) is 5.75 Å². The first-order valence-corrected chi connectivity index (χ1v) is 13.0. The number of hydrogen-bond donors (Lipinski definition) is 0. The van der Waals surface area contributed by atoms with Crippen molar-refractivity contribution < 1.29 is 8.63 Å². The minimum Gasteiger partial charge on any atom is -0.403 e. The molecule has 0 N–H and O–H groups in total. The highest BCUT2D eigenvalue weighted by molar-refractivity contribution is 7.85. The zero-order valence-corrected chi connectivity index (χ0v) is 18.3. The van der Waals surface area contributed by atoms with Crippen molar-refractivity contribution in [2.24, 2.45) is 0 Å². The molecule has 25 heavy (non-hydrogen) atoms. The summed E-state index contributed by atoms with van der Waals surface area (Å²) in [5.74, 6) is 3.34. The number of rotatable bonds is 8. The highest BCUT2D eigenvalue weighted by atomic mass is 32.2. The maximum Gasteiger partial charge on any atom is 0.193 e. The van der Waals surface area contributed by atoms with Crippen molar-refractivity contribution in [2.45, 2.75) is 69.7 Å². The average Bonchev–Trinajstić information content (AvgIpc) is 2.56. The Bertz CT molecular complexity index is 636. The lowest BCUT2D eigenvalue weighted by Gasteiger charge is -2.38. The van der Waals surface area contributed by atoms with E-state index in [1.165, 1.54) is 5.57 Å². The Morgan fingerprint density at radius 1 is 1.32 bits per heavy atom. The third-order valence-electron chi connectivity index (χ3n) is 4.82. The largest absolute Gasteiger partial charge is 0.403 e. The Balaban J connectivity index is 2.55. The minimum atomic E-state index is -1.85. The summed E-state index contributed by atoms with van der Waals surface area (Å²) < 4.78 is 18.6. The zero-order valence-electron chi connectivity index (χ0n) is 16.5. The first-order valence-electron chi connectivity index (χ1n) is 8.80. The third-order valence-corrected chi connectivity index (χ3v) is 10.6. The van der Waals surface area contributed by atoms with Crippen molar-refractivity contribution in [1.82, 2.24) is 0 Å². The van der Waals surface area contributed by atoms with Crippen molar-refractivity contribution in [2.75, 3.05) is 5.75 Å². The monoisotopic (exact) mass is 376 g/mol. The van der Waals surface area contributed by atoms with Gasteiger partial charge < -0.3 is 4.43 Å². The first-order chi connectivity index (χ1) is 11.6. The van der Waals surface area contributed by atoms with Crippen LogP contribution < -0.4 is 0 Å². The van der Waals surface area contributed by atoms with Gasteiger partial charge in [-0.15, -0.1) is 6.42 Å². The van der Waals surface area contributed by atoms with Gasteiger partial charge in [0.2, 0.25) is 0 Å². The van der Waals surface area contributed by atoms with E-state index in [2.05, 4.69) is 52.8 Å². The fraction of sp³-hybridized carbons (Fsp3) is 0.524. The van der Waals surface area contributed by atoms with E-state index in [1.54, 1.807) is 0 Å². The van der Waals surface area contributed by atoms with E-state index in [-0.39, 0.29) is 11.1 Å². The van der Waals surface area contributed by atoms with Gasteiger partial charge in [-0.3, -0.25) is 4.21 Å². The molecule has 0 fully saturated rings. The summed E-state index contributed by atoms with van der Waals surface area (Å²) in [7, 11) is -2.84. The van der Waals surface area contributed by atoms with Crippen LogP contribution in [0.2, 0.25) is 18.1 Å². The summed E-state index contributed by atoms with van der Waals surface area (Å²) in [5.41, 5.74) is 1.21. The standard InChI is InChI=1S/C21H32O2SSi/c1-8-19(23-25(6,7)21(3,4)5)15-14-18(2)16-17-24(22)20-12-10-9-11-13-20/h1,9-13,16,19H,14-15,17H2,2-7H3/b18-16+. The molecular formula is C21H32O2SSi. The van der Waals surface area contributed by atoms with E-state index >= 15 is 0 Å². The van der Waals surface area contributed by atoms with Crippen LogP contribution in [-0.4, -0.2) is 24.4 Å². The fourth-order valence-corrected chi connectivity index (χ4v) is 4.40. The van der Waals surface area contributed by atoms with Gasteiger partial charge in [-0.25, -0.2) is 0 Å². The molecule has 0 heterocycles. The molecule has 1 aromatic rings. The van der Waals surface area contributed by atoms with Gasteiger partial charge in [0.25, 0.3) is 0 Å². The fourth-order valence-electron chi connectivity index (χ4n) is 2.06. The molecule has 2 unspecified atom stereocenters. The Morgan fingerprint density at radius 3 is 2.44 bits per heavy atom. The van der Waals surface area contributed by atoms with Crippen molar-refractivity contribution >= 4 is 19.1 Å². The second-order valence-electron chi connectivity index (χ2n) is 7.95. The predicted molar refractivity (Wildman–Crippen MR) is 112 cm³/mol. The van der Waals surface area contributed by atoms with E-state index in [9.17, 15) is 4.21 Å². The van der Waals surface area contributed by atoms with E-state index in [1.807, 2.05) is 30.3 Å². The van der Waals surface area contributed by atoms with Crippen LogP contribution in [0.4, 0.5) is 0 Å². The summed E-state index contributed by atoms with van der Waals surface area (Å²) in [6, 6.07) is 9.57. The van der Waals surface area contributed by atoms with Crippen molar-refractivity contribution in [3.8, 4) is 12.3 Å². The second-order valence-corrected chi connectivity index (χ2v) is 14.2. The summed E-state index contributed by atoms with van der Waals surface area (Å²) in [6.45, 7) is 13.2. The van der Waals surface area contributed by atoms with Gasteiger partial charge in [-0.05, 0) is 50.0 Å². The van der Waals surface area contributed by atoms with Gasteiger partial charge >= 0.3 is 0 Å². The minimum absolute atomic E-state index is 0.149. The summed E-state index contributed by atoms with van der Waals surface area (Å²) >= 11 is 0.